The number of aromatic amines is 1. The van der Waals surface area contributed by atoms with Gasteiger partial charge in [0, 0.05) is 29.5 Å². The lowest BCUT2D eigenvalue weighted by Gasteiger charge is -2.12. The number of hydrogen-bond acceptors (Lipinski definition) is 5. The third kappa shape index (κ3) is 4.21. The monoisotopic (exact) mass is 407 g/mol. The molecule has 0 aliphatic heterocycles. The van der Waals surface area contributed by atoms with Crippen LogP contribution in [0.3, 0.4) is 0 Å². The molecule has 7 heteroatoms. The summed E-state index contributed by atoms with van der Waals surface area (Å²) in [4.78, 5) is 11.9. The van der Waals surface area contributed by atoms with E-state index in [-0.39, 0.29) is 5.75 Å². The molecule has 0 saturated carbocycles. The molecule has 0 aliphatic rings. The number of nitrogens with one attached hydrogen (secondary N) is 1. The van der Waals surface area contributed by atoms with E-state index in [2.05, 4.69) is 15.0 Å². The van der Waals surface area contributed by atoms with Crippen LogP contribution in [0, 0.1) is 13.8 Å². The number of H-pyrrole nitrogens is 1. The number of benzene rings is 2. The van der Waals surface area contributed by atoms with Gasteiger partial charge in [-0.05, 0) is 43.2 Å². The van der Waals surface area contributed by atoms with Crippen molar-refractivity contribution >= 4 is 22.2 Å². The summed E-state index contributed by atoms with van der Waals surface area (Å²) in [5.41, 5.74) is 4.32. The molecule has 0 aliphatic carbocycles. The van der Waals surface area contributed by atoms with Crippen molar-refractivity contribution in [2.24, 2.45) is 0 Å². The standard InChI is InChI=1S/C22H21N3O3S/c1-14-5-4-6-15(2)21(14)28-18-9-10-23-16(11-18)13-29(26)22-24-19-8-7-17(27-3)12-20(19)25-22/h4-12H,13H2,1-3H3,(H,24,25). The number of nitrogens with zero attached hydrogens (tertiary/aromatic N) is 2. The first-order valence-corrected chi connectivity index (χ1v) is 10.5. The van der Waals surface area contributed by atoms with Gasteiger partial charge in [0.25, 0.3) is 0 Å². The minimum Gasteiger partial charge on any atom is -0.609 e. The normalized spacial score (nSPS) is 12.1. The van der Waals surface area contributed by atoms with Crippen LogP contribution in [0.15, 0.2) is 59.9 Å². The molecule has 0 fully saturated rings. The van der Waals surface area contributed by atoms with Crippen molar-refractivity contribution in [2.45, 2.75) is 24.8 Å². The van der Waals surface area contributed by atoms with Gasteiger partial charge in [-0.3, -0.25) is 9.97 Å². The Morgan fingerprint density at radius 1 is 1.03 bits per heavy atom. The number of imidazole rings is 1. The second kappa shape index (κ2) is 8.14. The maximum absolute atomic E-state index is 12.8. The van der Waals surface area contributed by atoms with Crippen LogP contribution in [-0.4, -0.2) is 26.6 Å². The molecule has 1 unspecified atom stereocenters. The SMILES string of the molecule is COc1ccc2[nH]c([S+]([O-])Cc3cc(Oc4c(C)cccc4C)ccn3)nc2c1. The lowest BCUT2D eigenvalue weighted by molar-refractivity contribution is 0.415. The maximum Gasteiger partial charge on any atom is 0.322 e. The van der Waals surface area contributed by atoms with Crippen LogP contribution >= 0.6 is 0 Å². The fraction of sp³-hybridized carbons (Fsp3) is 0.182. The molecule has 0 radical (unpaired) electrons. The first-order valence-electron chi connectivity index (χ1n) is 9.14. The minimum atomic E-state index is -1.36. The Bertz CT molecular complexity index is 1140. The van der Waals surface area contributed by atoms with Gasteiger partial charge in [-0.1, -0.05) is 18.2 Å². The number of fused-ring (bicyclic) bond motifs is 1. The smallest absolute Gasteiger partial charge is 0.322 e. The number of rotatable bonds is 6. The van der Waals surface area contributed by atoms with Crippen LogP contribution in [-0.2, 0) is 16.9 Å². The third-order valence-electron chi connectivity index (χ3n) is 4.58. The average molecular weight is 407 g/mol. The van der Waals surface area contributed by atoms with Crippen LogP contribution < -0.4 is 9.47 Å². The van der Waals surface area contributed by atoms with Crippen molar-refractivity contribution in [1.82, 2.24) is 15.0 Å². The predicted molar refractivity (Wildman–Crippen MR) is 113 cm³/mol. The number of methoxy groups -OCH3 is 1. The molecule has 1 atom stereocenters. The summed E-state index contributed by atoms with van der Waals surface area (Å²) in [5, 5.41) is 0.413. The van der Waals surface area contributed by atoms with Crippen LogP contribution in [0.5, 0.6) is 17.2 Å². The number of aromatic nitrogens is 3. The topological polar surface area (TPSA) is 83.1 Å². The maximum atomic E-state index is 12.8. The number of aryl methyl sites for hydroxylation is 2. The molecule has 2 aromatic heterocycles. The van der Waals surface area contributed by atoms with Crippen LogP contribution in [0.4, 0.5) is 0 Å². The highest BCUT2D eigenvalue weighted by molar-refractivity contribution is 7.90. The number of pyridine rings is 1. The van der Waals surface area contributed by atoms with Crippen LogP contribution in [0.2, 0.25) is 0 Å². The van der Waals surface area contributed by atoms with Crippen molar-refractivity contribution in [1.29, 1.82) is 0 Å². The molecule has 2 heterocycles. The highest BCUT2D eigenvalue weighted by Crippen LogP contribution is 2.29. The van der Waals surface area contributed by atoms with Gasteiger partial charge in [0.2, 0.25) is 0 Å². The Balaban J connectivity index is 1.53. The van der Waals surface area contributed by atoms with E-state index in [1.54, 1.807) is 19.4 Å². The van der Waals surface area contributed by atoms with Crippen LogP contribution in [0.1, 0.15) is 16.8 Å². The molecule has 6 nitrogen and oxygen atoms in total. The molecule has 148 valence electrons. The summed E-state index contributed by atoms with van der Waals surface area (Å²) in [6, 6.07) is 15.1. The van der Waals surface area contributed by atoms with Crippen molar-refractivity contribution < 1.29 is 14.0 Å². The Labute approximate surface area is 172 Å². The molecule has 2 aromatic carbocycles. The molecular formula is C22H21N3O3S. The predicted octanol–water partition coefficient (Wildman–Crippen LogP) is 4.68. The Morgan fingerprint density at radius 2 is 1.83 bits per heavy atom. The zero-order chi connectivity index (χ0) is 20.4. The molecule has 4 aromatic rings. The molecule has 0 amide bonds. The van der Waals surface area contributed by atoms with Gasteiger partial charge in [-0.2, -0.15) is 4.98 Å². The van der Waals surface area contributed by atoms with Gasteiger partial charge in [0.05, 0.1) is 23.8 Å². The summed E-state index contributed by atoms with van der Waals surface area (Å²) in [7, 11) is 1.60. The lowest BCUT2D eigenvalue weighted by atomic mass is 10.1. The van der Waals surface area contributed by atoms with Crippen LogP contribution in [0.25, 0.3) is 11.0 Å². The highest BCUT2D eigenvalue weighted by Gasteiger charge is 2.19. The third-order valence-corrected chi connectivity index (χ3v) is 5.76. The van der Waals surface area contributed by atoms with Gasteiger partial charge in [0.1, 0.15) is 17.2 Å². The zero-order valence-corrected chi connectivity index (χ0v) is 17.2. The second-order valence-electron chi connectivity index (χ2n) is 6.72. The van der Waals surface area contributed by atoms with E-state index in [0.29, 0.717) is 27.9 Å². The Morgan fingerprint density at radius 3 is 2.59 bits per heavy atom. The van der Waals surface area contributed by atoms with Gasteiger partial charge >= 0.3 is 5.16 Å². The van der Waals surface area contributed by atoms with Crippen molar-refractivity contribution in [2.75, 3.05) is 7.11 Å². The highest BCUT2D eigenvalue weighted by atomic mass is 32.2. The van der Waals surface area contributed by atoms with E-state index >= 15 is 0 Å². The van der Waals surface area contributed by atoms with E-state index in [0.717, 1.165) is 22.4 Å². The zero-order valence-electron chi connectivity index (χ0n) is 16.4. The van der Waals surface area contributed by atoms with Gasteiger partial charge in [0.15, 0.2) is 5.75 Å². The second-order valence-corrected chi connectivity index (χ2v) is 8.09. The molecule has 0 spiro atoms. The number of para-hydroxylation sites is 1. The van der Waals surface area contributed by atoms with E-state index < -0.39 is 11.2 Å². The minimum absolute atomic E-state index is 0.237. The first kappa shape index (κ1) is 19.3. The fourth-order valence-corrected chi connectivity index (χ4v) is 4.06. The number of hydrogen-bond donors (Lipinski definition) is 1. The van der Waals surface area contributed by atoms with E-state index in [9.17, 15) is 4.55 Å². The lowest BCUT2D eigenvalue weighted by Crippen LogP contribution is -2.08. The summed E-state index contributed by atoms with van der Waals surface area (Å²) in [5.74, 6) is 2.44. The van der Waals surface area contributed by atoms with Crippen molar-refractivity contribution in [3.8, 4) is 17.2 Å². The van der Waals surface area contributed by atoms with E-state index in [1.807, 2.05) is 56.3 Å². The fourth-order valence-electron chi connectivity index (χ4n) is 3.08. The number of ether oxygens (including phenoxy) is 2. The van der Waals surface area contributed by atoms with E-state index in [1.165, 1.54) is 0 Å². The first-order chi connectivity index (χ1) is 14.0. The molecule has 4 rings (SSSR count). The summed E-state index contributed by atoms with van der Waals surface area (Å²) >= 11 is -1.36. The van der Waals surface area contributed by atoms with Gasteiger partial charge in [-0.15, -0.1) is 0 Å². The Hall–Kier alpha value is -3.03. The summed E-state index contributed by atoms with van der Waals surface area (Å²) in [6.45, 7) is 4.02. The molecule has 0 bridgehead atoms. The van der Waals surface area contributed by atoms with Gasteiger partial charge < -0.3 is 14.0 Å². The van der Waals surface area contributed by atoms with Crippen molar-refractivity contribution in [3.05, 3.63) is 71.5 Å². The van der Waals surface area contributed by atoms with E-state index in [4.69, 9.17) is 9.47 Å². The molecule has 29 heavy (non-hydrogen) atoms. The largest absolute Gasteiger partial charge is 0.609 e. The molecule has 1 N–H and O–H groups in total. The van der Waals surface area contributed by atoms with Gasteiger partial charge in [-0.25, -0.2) is 0 Å². The quantitative estimate of drug-likeness (QED) is 0.469. The summed E-state index contributed by atoms with van der Waals surface area (Å²) in [6.07, 6.45) is 1.67. The molecule has 0 saturated heterocycles. The molecular weight excluding hydrogens is 386 g/mol. The Kier molecular flexibility index (Phi) is 5.42. The summed E-state index contributed by atoms with van der Waals surface area (Å²) < 4.78 is 24.1. The average Bonchev–Trinajstić information content (AvgIpc) is 3.14. The van der Waals surface area contributed by atoms with Crippen molar-refractivity contribution in [3.63, 3.8) is 0 Å².